The maximum absolute atomic E-state index is 5.91. The van der Waals surface area contributed by atoms with E-state index in [0.717, 1.165) is 21.2 Å². The summed E-state index contributed by atoms with van der Waals surface area (Å²) in [6.07, 6.45) is 0.863. The highest BCUT2D eigenvalue weighted by molar-refractivity contribution is 14.1. The molecule has 3 nitrogen and oxygen atoms in total. The van der Waals surface area contributed by atoms with E-state index in [2.05, 4.69) is 68.1 Å². The molecule has 2 N–H and O–H groups in total. The van der Waals surface area contributed by atoms with Crippen molar-refractivity contribution in [3.63, 3.8) is 0 Å². The van der Waals surface area contributed by atoms with Gasteiger partial charge in [0.05, 0.1) is 9.26 Å². The van der Waals surface area contributed by atoms with Gasteiger partial charge in [0, 0.05) is 9.13 Å². The standard InChI is InChI=1S/C12H11I2N3/c1-2-9-10(14)11(15)17-12(16-9)7-4-3-5-8(13)6-7/h3-6H,2H2,1H3,(H2,15,16,17). The number of aromatic nitrogens is 2. The average Bonchev–Trinajstić information content (AvgIpc) is 2.32. The van der Waals surface area contributed by atoms with Crippen molar-refractivity contribution in [3.8, 4) is 11.4 Å². The van der Waals surface area contributed by atoms with Crippen LogP contribution in [-0.2, 0) is 6.42 Å². The molecule has 0 aliphatic rings. The Labute approximate surface area is 128 Å². The Bertz CT molecular complexity index is 555. The monoisotopic (exact) mass is 451 g/mol. The van der Waals surface area contributed by atoms with Gasteiger partial charge in [-0.3, -0.25) is 0 Å². The fourth-order valence-electron chi connectivity index (χ4n) is 1.50. The number of nitrogen functional groups attached to an aromatic ring is 1. The second-order valence-corrected chi connectivity index (χ2v) is 5.88. The zero-order chi connectivity index (χ0) is 12.4. The lowest BCUT2D eigenvalue weighted by molar-refractivity contribution is 0.994. The SMILES string of the molecule is CCc1nc(-c2cccc(I)c2)nc(N)c1I. The second-order valence-electron chi connectivity index (χ2n) is 3.56. The Morgan fingerprint density at radius 2 is 2.00 bits per heavy atom. The molecule has 1 aromatic heterocycles. The second kappa shape index (κ2) is 5.47. The smallest absolute Gasteiger partial charge is 0.161 e. The summed E-state index contributed by atoms with van der Waals surface area (Å²) < 4.78 is 2.12. The summed E-state index contributed by atoms with van der Waals surface area (Å²) in [4.78, 5) is 8.91. The van der Waals surface area contributed by atoms with Gasteiger partial charge in [-0.2, -0.15) is 0 Å². The molecule has 2 aromatic rings. The molecule has 0 aliphatic heterocycles. The zero-order valence-corrected chi connectivity index (χ0v) is 13.6. The third-order valence-electron chi connectivity index (χ3n) is 2.36. The van der Waals surface area contributed by atoms with E-state index in [9.17, 15) is 0 Å². The van der Waals surface area contributed by atoms with Gasteiger partial charge in [0.1, 0.15) is 5.82 Å². The van der Waals surface area contributed by atoms with Gasteiger partial charge in [-0.15, -0.1) is 0 Å². The lowest BCUT2D eigenvalue weighted by Crippen LogP contribution is -2.04. The first-order valence-electron chi connectivity index (χ1n) is 5.19. The fraction of sp³-hybridized carbons (Fsp3) is 0.167. The third-order valence-corrected chi connectivity index (χ3v) is 4.21. The van der Waals surface area contributed by atoms with Crippen LogP contribution in [0.1, 0.15) is 12.6 Å². The zero-order valence-electron chi connectivity index (χ0n) is 9.24. The van der Waals surface area contributed by atoms with E-state index in [1.165, 1.54) is 3.57 Å². The van der Waals surface area contributed by atoms with E-state index in [1.807, 2.05) is 18.2 Å². The van der Waals surface area contributed by atoms with Gasteiger partial charge in [0.25, 0.3) is 0 Å². The van der Waals surface area contributed by atoms with Crippen LogP contribution in [0.4, 0.5) is 5.82 Å². The highest BCUT2D eigenvalue weighted by atomic mass is 127. The summed E-state index contributed by atoms with van der Waals surface area (Å²) >= 11 is 4.47. The molecule has 0 radical (unpaired) electrons. The van der Waals surface area contributed by atoms with Crippen LogP contribution in [0.2, 0.25) is 0 Å². The highest BCUT2D eigenvalue weighted by Crippen LogP contribution is 2.23. The van der Waals surface area contributed by atoms with Gasteiger partial charge in [-0.05, 0) is 63.7 Å². The largest absolute Gasteiger partial charge is 0.383 e. The van der Waals surface area contributed by atoms with Crippen molar-refractivity contribution in [2.75, 3.05) is 5.73 Å². The molecule has 0 unspecified atom stereocenters. The normalized spacial score (nSPS) is 10.5. The highest BCUT2D eigenvalue weighted by Gasteiger charge is 2.10. The molecule has 17 heavy (non-hydrogen) atoms. The molecule has 0 amide bonds. The lowest BCUT2D eigenvalue weighted by atomic mass is 10.2. The van der Waals surface area contributed by atoms with Crippen LogP contribution in [-0.4, -0.2) is 9.97 Å². The van der Waals surface area contributed by atoms with E-state index in [-0.39, 0.29) is 0 Å². The molecule has 1 heterocycles. The Kier molecular flexibility index (Phi) is 4.18. The lowest BCUT2D eigenvalue weighted by Gasteiger charge is -2.07. The first kappa shape index (κ1) is 13.0. The van der Waals surface area contributed by atoms with Crippen molar-refractivity contribution in [1.82, 2.24) is 9.97 Å². The van der Waals surface area contributed by atoms with Gasteiger partial charge >= 0.3 is 0 Å². The predicted molar refractivity (Wildman–Crippen MR) is 86.7 cm³/mol. The summed E-state index contributed by atoms with van der Waals surface area (Å²) in [5.41, 5.74) is 7.93. The number of hydrogen-bond acceptors (Lipinski definition) is 3. The number of hydrogen-bond donors (Lipinski definition) is 1. The summed E-state index contributed by atoms with van der Waals surface area (Å²) in [6, 6.07) is 8.10. The molecule has 5 heteroatoms. The van der Waals surface area contributed by atoms with E-state index in [4.69, 9.17) is 5.73 Å². The van der Waals surface area contributed by atoms with Crippen molar-refractivity contribution in [1.29, 1.82) is 0 Å². The van der Waals surface area contributed by atoms with E-state index in [1.54, 1.807) is 0 Å². The number of nitrogens with zero attached hydrogens (tertiary/aromatic N) is 2. The molecule has 88 valence electrons. The topological polar surface area (TPSA) is 51.8 Å². The van der Waals surface area contributed by atoms with Crippen LogP contribution < -0.4 is 5.73 Å². The number of aryl methyl sites for hydroxylation is 1. The van der Waals surface area contributed by atoms with E-state index in [0.29, 0.717) is 11.6 Å². The van der Waals surface area contributed by atoms with Crippen molar-refractivity contribution in [2.45, 2.75) is 13.3 Å². The van der Waals surface area contributed by atoms with Gasteiger partial charge in [0.2, 0.25) is 0 Å². The Morgan fingerprint density at radius 1 is 1.24 bits per heavy atom. The first-order chi connectivity index (χ1) is 8.11. The average molecular weight is 451 g/mol. The van der Waals surface area contributed by atoms with Gasteiger partial charge in [-0.25, -0.2) is 9.97 Å². The Balaban J connectivity index is 2.56. The van der Waals surface area contributed by atoms with E-state index >= 15 is 0 Å². The summed E-state index contributed by atoms with van der Waals surface area (Å²) in [5, 5.41) is 0. The van der Waals surface area contributed by atoms with Crippen molar-refractivity contribution < 1.29 is 0 Å². The molecule has 0 spiro atoms. The fourth-order valence-corrected chi connectivity index (χ4v) is 2.67. The number of rotatable bonds is 2. The van der Waals surface area contributed by atoms with Crippen LogP contribution in [0.5, 0.6) is 0 Å². The Hall–Kier alpha value is -0.440. The summed E-state index contributed by atoms with van der Waals surface area (Å²) in [7, 11) is 0. The molecule has 2 rings (SSSR count). The minimum Gasteiger partial charge on any atom is -0.383 e. The van der Waals surface area contributed by atoms with Crippen LogP contribution in [0.25, 0.3) is 11.4 Å². The van der Waals surface area contributed by atoms with Gasteiger partial charge in [-0.1, -0.05) is 19.1 Å². The molecular formula is C12H11I2N3. The number of anilines is 1. The number of benzene rings is 1. The van der Waals surface area contributed by atoms with Gasteiger partial charge in [0.15, 0.2) is 5.82 Å². The summed E-state index contributed by atoms with van der Waals surface area (Å²) in [6.45, 7) is 2.07. The molecule has 0 aliphatic carbocycles. The van der Waals surface area contributed by atoms with Crippen molar-refractivity contribution in [3.05, 3.63) is 37.1 Å². The van der Waals surface area contributed by atoms with Crippen LogP contribution in [0, 0.1) is 7.14 Å². The number of nitrogens with two attached hydrogens (primary N) is 1. The maximum atomic E-state index is 5.91. The maximum Gasteiger partial charge on any atom is 0.161 e. The molecule has 0 bridgehead atoms. The summed E-state index contributed by atoms with van der Waals surface area (Å²) in [5.74, 6) is 1.27. The molecule has 0 saturated heterocycles. The molecular weight excluding hydrogens is 440 g/mol. The first-order valence-corrected chi connectivity index (χ1v) is 7.35. The van der Waals surface area contributed by atoms with Crippen molar-refractivity contribution >= 4 is 51.0 Å². The van der Waals surface area contributed by atoms with Crippen LogP contribution in [0.3, 0.4) is 0 Å². The quantitative estimate of drug-likeness (QED) is 0.712. The van der Waals surface area contributed by atoms with Crippen LogP contribution in [0.15, 0.2) is 24.3 Å². The minimum atomic E-state index is 0.561. The minimum absolute atomic E-state index is 0.561. The molecule has 0 saturated carbocycles. The Morgan fingerprint density at radius 3 is 2.65 bits per heavy atom. The third kappa shape index (κ3) is 2.87. The number of halogens is 2. The van der Waals surface area contributed by atoms with Crippen LogP contribution >= 0.6 is 45.2 Å². The molecule has 0 fully saturated rings. The molecule has 0 atom stereocenters. The van der Waals surface area contributed by atoms with Gasteiger partial charge < -0.3 is 5.73 Å². The van der Waals surface area contributed by atoms with Crippen molar-refractivity contribution in [2.24, 2.45) is 0 Å². The predicted octanol–water partition coefficient (Wildman–Crippen LogP) is 3.50. The van der Waals surface area contributed by atoms with E-state index < -0.39 is 0 Å². The molecule has 1 aromatic carbocycles.